The van der Waals surface area contributed by atoms with Crippen molar-refractivity contribution in [3.8, 4) is 0 Å². The molecular weight excluding hydrogens is 378 g/mol. The highest BCUT2D eigenvalue weighted by Crippen LogP contribution is 2.26. The molecule has 0 aliphatic rings. The predicted molar refractivity (Wildman–Crippen MR) is 106 cm³/mol. The molecule has 0 saturated carbocycles. The lowest BCUT2D eigenvalue weighted by Crippen LogP contribution is -2.18. The van der Waals surface area contributed by atoms with Gasteiger partial charge in [0.2, 0.25) is 0 Å². The van der Waals surface area contributed by atoms with Crippen LogP contribution >= 0.6 is 15.9 Å². The van der Waals surface area contributed by atoms with E-state index in [1.807, 2.05) is 44.4 Å². The second-order valence-corrected chi connectivity index (χ2v) is 7.40. The number of carbonyl (C=O) groups excluding carboxylic acids is 1. The maximum atomic E-state index is 13.1. The minimum absolute atomic E-state index is 0.128. The van der Waals surface area contributed by atoms with E-state index < -0.39 is 0 Å². The van der Waals surface area contributed by atoms with E-state index >= 15 is 0 Å². The van der Waals surface area contributed by atoms with Gasteiger partial charge in [0.15, 0.2) is 5.65 Å². The molecule has 0 unspecified atom stereocenters. The van der Waals surface area contributed by atoms with Crippen LogP contribution in [-0.4, -0.2) is 15.3 Å². The Morgan fingerprint density at radius 3 is 2.36 bits per heavy atom. The minimum atomic E-state index is -0.128. The number of fused-ring (bicyclic) bond motifs is 1. The van der Waals surface area contributed by atoms with Gasteiger partial charge in [-0.2, -0.15) is 0 Å². The van der Waals surface area contributed by atoms with Crippen molar-refractivity contribution in [3.05, 3.63) is 62.5 Å². The van der Waals surface area contributed by atoms with Crippen LogP contribution in [0, 0.1) is 27.7 Å². The van der Waals surface area contributed by atoms with E-state index in [9.17, 15) is 4.79 Å². The molecule has 1 amide bonds. The van der Waals surface area contributed by atoms with Gasteiger partial charge in [-0.25, -0.2) is 4.98 Å². The summed E-state index contributed by atoms with van der Waals surface area (Å²) in [4.78, 5) is 17.7. The van der Waals surface area contributed by atoms with Crippen molar-refractivity contribution in [2.75, 3.05) is 5.32 Å². The van der Waals surface area contributed by atoms with Gasteiger partial charge in [-0.1, -0.05) is 24.6 Å². The lowest BCUT2D eigenvalue weighted by Gasteiger charge is -2.13. The van der Waals surface area contributed by atoms with Gasteiger partial charge in [0.05, 0.1) is 10.2 Å². The van der Waals surface area contributed by atoms with Gasteiger partial charge in [0.25, 0.3) is 5.91 Å². The zero-order chi connectivity index (χ0) is 18.3. The summed E-state index contributed by atoms with van der Waals surface area (Å²) < 4.78 is 2.77. The van der Waals surface area contributed by atoms with Crippen LogP contribution in [0.4, 0.5) is 5.69 Å². The van der Waals surface area contributed by atoms with E-state index in [0.29, 0.717) is 12.1 Å². The number of aryl methyl sites for hydroxylation is 5. The highest BCUT2D eigenvalue weighted by Gasteiger charge is 2.21. The summed E-state index contributed by atoms with van der Waals surface area (Å²) >= 11 is 3.56. The molecule has 3 aromatic rings. The quantitative estimate of drug-likeness (QED) is 0.661. The van der Waals surface area contributed by atoms with Crippen LogP contribution in [0.15, 0.2) is 28.9 Å². The SMILES string of the molecule is CCc1nc2c(Br)cc(C)cn2c1C(=O)Nc1c(C)cc(C)cc1C. The first-order chi connectivity index (χ1) is 11.8. The highest BCUT2D eigenvalue weighted by atomic mass is 79.9. The van der Waals surface area contributed by atoms with Crippen LogP contribution in [0.2, 0.25) is 0 Å². The fraction of sp³-hybridized carbons (Fsp3) is 0.300. The summed E-state index contributed by atoms with van der Waals surface area (Å²) in [6.45, 7) is 10.1. The monoisotopic (exact) mass is 399 g/mol. The first kappa shape index (κ1) is 17.7. The number of pyridine rings is 1. The number of aromatic nitrogens is 2. The van der Waals surface area contributed by atoms with Gasteiger partial charge in [-0.3, -0.25) is 9.20 Å². The Hall–Kier alpha value is -2.14. The van der Waals surface area contributed by atoms with E-state index in [2.05, 4.69) is 45.3 Å². The molecule has 0 fully saturated rings. The number of rotatable bonds is 3. The van der Waals surface area contributed by atoms with Crippen molar-refractivity contribution in [2.45, 2.75) is 41.0 Å². The predicted octanol–water partition coefficient (Wildman–Crippen LogP) is 5.15. The van der Waals surface area contributed by atoms with Crippen molar-refractivity contribution < 1.29 is 4.79 Å². The molecule has 2 aromatic heterocycles. The van der Waals surface area contributed by atoms with Gasteiger partial charge in [0, 0.05) is 11.9 Å². The molecule has 2 heterocycles. The third-order valence-electron chi connectivity index (χ3n) is 4.35. The number of nitrogens with one attached hydrogen (secondary N) is 1. The van der Waals surface area contributed by atoms with Gasteiger partial charge < -0.3 is 5.32 Å². The Bertz CT molecular complexity index is 965. The summed E-state index contributed by atoms with van der Waals surface area (Å²) in [5.74, 6) is -0.128. The molecule has 3 rings (SSSR count). The van der Waals surface area contributed by atoms with E-state index in [1.54, 1.807) is 0 Å². The summed E-state index contributed by atoms with van der Waals surface area (Å²) in [5, 5.41) is 3.10. The normalized spacial score (nSPS) is 11.1. The lowest BCUT2D eigenvalue weighted by atomic mass is 10.0. The first-order valence-electron chi connectivity index (χ1n) is 8.38. The Labute approximate surface area is 156 Å². The Morgan fingerprint density at radius 2 is 1.76 bits per heavy atom. The summed E-state index contributed by atoms with van der Waals surface area (Å²) in [6.07, 6.45) is 2.65. The number of amides is 1. The highest BCUT2D eigenvalue weighted by molar-refractivity contribution is 9.10. The minimum Gasteiger partial charge on any atom is -0.320 e. The lowest BCUT2D eigenvalue weighted by molar-refractivity contribution is 0.102. The maximum Gasteiger partial charge on any atom is 0.274 e. The molecule has 5 heteroatoms. The zero-order valence-electron chi connectivity index (χ0n) is 15.2. The number of anilines is 1. The molecule has 0 bridgehead atoms. The largest absolute Gasteiger partial charge is 0.320 e. The molecule has 0 radical (unpaired) electrons. The average molecular weight is 400 g/mol. The zero-order valence-corrected chi connectivity index (χ0v) is 16.8. The number of hydrogen-bond acceptors (Lipinski definition) is 2. The maximum absolute atomic E-state index is 13.1. The third-order valence-corrected chi connectivity index (χ3v) is 4.93. The van der Waals surface area contributed by atoms with Crippen LogP contribution in [-0.2, 0) is 6.42 Å². The summed E-state index contributed by atoms with van der Waals surface area (Å²) in [6, 6.07) is 6.18. The van der Waals surface area contributed by atoms with Crippen molar-refractivity contribution in [2.24, 2.45) is 0 Å². The van der Waals surface area contributed by atoms with Crippen molar-refractivity contribution in [1.29, 1.82) is 0 Å². The van der Waals surface area contributed by atoms with Crippen molar-refractivity contribution >= 4 is 33.2 Å². The van der Waals surface area contributed by atoms with Gasteiger partial charge in [-0.05, 0) is 72.8 Å². The molecule has 0 spiro atoms. The summed E-state index contributed by atoms with van der Waals surface area (Å²) in [5.41, 5.74) is 7.43. The summed E-state index contributed by atoms with van der Waals surface area (Å²) in [7, 11) is 0. The Balaban J connectivity index is 2.12. The molecule has 0 atom stereocenters. The number of benzene rings is 1. The van der Waals surface area contributed by atoms with Crippen molar-refractivity contribution in [1.82, 2.24) is 9.38 Å². The van der Waals surface area contributed by atoms with Gasteiger partial charge in [-0.15, -0.1) is 0 Å². The van der Waals surface area contributed by atoms with Crippen LogP contribution < -0.4 is 5.32 Å². The van der Waals surface area contributed by atoms with E-state index in [-0.39, 0.29) is 5.91 Å². The molecule has 0 saturated heterocycles. The Kier molecular flexibility index (Phi) is 4.69. The molecule has 1 aromatic carbocycles. The first-order valence-corrected chi connectivity index (χ1v) is 9.17. The molecule has 0 aliphatic carbocycles. The van der Waals surface area contributed by atoms with Crippen LogP contribution in [0.1, 0.15) is 45.4 Å². The molecule has 130 valence electrons. The van der Waals surface area contributed by atoms with Gasteiger partial charge in [0.1, 0.15) is 5.69 Å². The van der Waals surface area contributed by atoms with E-state index in [1.165, 1.54) is 5.56 Å². The topological polar surface area (TPSA) is 46.4 Å². The van der Waals surface area contributed by atoms with Crippen LogP contribution in [0.25, 0.3) is 5.65 Å². The standard InChI is InChI=1S/C20H22BrN3O/c1-6-16-18(24-10-12(3)9-15(21)19(24)22-16)20(25)23-17-13(4)7-11(2)8-14(17)5/h7-10H,6H2,1-5H3,(H,23,25). The molecule has 25 heavy (non-hydrogen) atoms. The van der Waals surface area contributed by atoms with Crippen LogP contribution in [0.3, 0.4) is 0 Å². The fourth-order valence-corrected chi connectivity index (χ4v) is 3.96. The van der Waals surface area contributed by atoms with Gasteiger partial charge >= 0.3 is 0 Å². The van der Waals surface area contributed by atoms with E-state index in [4.69, 9.17) is 0 Å². The van der Waals surface area contributed by atoms with Crippen molar-refractivity contribution in [3.63, 3.8) is 0 Å². The molecule has 0 aliphatic heterocycles. The third kappa shape index (κ3) is 3.21. The number of imidazole rings is 1. The van der Waals surface area contributed by atoms with Crippen LogP contribution in [0.5, 0.6) is 0 Å². The molecule has 4 nitrogen and oxygen atoms in total. The molecule has 1 N–H and O–H groups in total. The number of nitrogens with zero attached hydrogens (tertiary/aromatic N) is 2. The van der Waals surface area contributed by atoms with E-state index in [0.717, 1.165) is 38.2 Å². The number of halogens is 1. The number of carbonyl (C=O) groups is 1. The Morgan fingerprint density at radius 1 is 1.12 bits per heavy atom. The number of hydrogen-bond donors (Lipinski definition) is 1. The molecular formula is C20H22BrN3O. The second-order valence-electron chi connectivity index (χ2n) is 6.55. The fourth-order valence-electron chi connectivity index (χ4n) is 3.32. The average Bonchev–Trinajstić information content (AvgIpc) is 2.89. The second kappa shape index (κ2) is 6.64. The smallest absolute Gasteiger partial charge is 0.274 e.